The third kappa shape index (κ3) is 4.08. The molecule has 80 valence electrons. The first kappa shape index (κ1) is 11.5. The average Bonchev–Trinajstić information content (AvgIpc) is 2.61. The van der Waals surface area contributed by atoms with Crippen LogP contribution in [0.25, 0.3) is 0 Å². The molecule has 0 radical (unpaired) electrons. The van der Waals surface area contributed by atoms with Crippen LogP contribution in [-0.2, 0) is 13.1 Å². The monoisotopic (exact) mass is 216 g/mol. The number of aliphatic hydroxyl groups is 1. The minimum atomic E-state index is 0.0999. The van der Waals surface area contributed by atoms with Crippen LogP contribution in [0.3, 0.4) is 0 Å². The topological polar surface area (TPSA) is 63.0 Å². The highest BCUT2D eigenvalue weighted by molar-refractivity contribution is 7.98. The third-order valence-electron chi connectivity index (χ3n) is 1.70. The fourth-order valence-electron chi connectivity index (χ4n) is 1.02. The van der Waals surface area contributed by atoms with Crippen molar-refractivity contribution in [2.45, 2.75) is 13.1 Å². The van der Waals surface area contributed by atoms with E-state index in [-0.39, 0.29) is 6.61 Å². The molecule has 5 nitrogen and oxygen atoms in total. The van der Waals surface area contributed by atoms with Crippen LogP contribution in [0.4, 0.5) is 0 Å². The zero-order valence-corrected chi connectivity index (χ0v) is 9.13. The number of aromatic nitrogens is 3. The molecule has 0 aromatic carbocycles. The van der Waals surface area contributed by atoms with E-state index in [2.05, 4.69) is 21.9 Å². The highest BCUT2D eigenvalue weighted by atomic mass is 32.2. The number of nitrogens with zero attached hydrogens (tertiary/aromatic N) is 3. The maximum atomic E-state index is 8.67. The van der Waals surface area contributed by atoms with E-state index in [9.17, 15) is 0 Å². The van der Waals surface area contributed by atoms with Crippen molar-refractivity contribution < 1.29 is 5.11 Å². The van der Waals surface area contributed by atoms with Gasteiger partial charge in [-0.1, -0.05) is 5.21 Å². The molecule has 1 aromatic rings. The van der Waals surface area contributed by atoms with Crippen molar-refractivity contribution in [3.8, 4) is 0 Å². The second kappa shape index (κ2) is 6.80. The molecule has 1 aromatic heterocycles. The highest BCUT2D eigenvalue weighted by Gasteiger charge is 1.98. The molecule has 1 heterocycles. The lowest BCUT2D eigenvalue weighted by atomic mass is 10.4. The summed E-state index contributed by atoms with van der Waals surface area (Å²) in [5.74, 6) is 1.10. The van der Waals surface area contributed by atoms with Gasteiger partial charge in [0.25, 0.3) is 0 Å². The Morgan fingerprint density at radius 1 is 1.64 bits per heavy atom. The zero-order valence-electron chi connectivity index (χ0n) is 8.31. The van der Waals surface area contributed by atoms with Gasteiger partial charge in [-0.25, -0.2) is 4.68 Å². The van der Waals surface area contributed by atoms with E-state index in [0.717, 1.165) is 24.5 Å². The molecular formula is C8H16N4OS. The van der Waals surface area contributed by atoms with Gasteiger partial charge < -0.3 is 10.4 Å². The first-order valence-electron chi connectivity index (χ1n) is 4.56. The van der Waals surface area contributed by atoms with Gasteiger partial charge in [0.1, 0.15) is 0 Å². The normalized spacial score (nSPS) is 10.7. The van der Waals surface area contributed by atoms with E-state index in [0.29, 0.717) is 6.54 Å². The van der Waals surface area contributed by atoms with E-state index in [1.807, 2.05) is 18.0 Å². The number of aliphatic hydroxyl groups excluding tert-OH is 1. The molecular weight excluding hydrogens is 200 g/mol. The molecule has 14 heavy (non-hydrogen) atoms. The summed E-state index contributed by atoms with van der Waals surface area (Å²) in [7, 11) is 0. The summed E-state index contributed by atoms with van der Waals surface area (Å²) in [4.78, 5) is 0. The Kier molecular flexibility index (Phi) is 5.58. The minimum absolute atomic E-state index is 0.0999. The van der Waals surface area contributed by atoms with Crippen LogP contribution in [-0.4, -0.2) is 45.3 Å². The van der Waals surface area contributed by atoms with E-state index < -0.39 is 0 Å². The lowest BCUT2D eigenvalue weighted by Crippen LogP contribution is -2.16. The molecule has 0 saturated carbocycles. The van der Waals surface area contributed by atoms with Crippen LogP contribution in [0.15, 0.2) is 6.20 Å². The van der Waals surface area contributed by atoms with Crippen LogP contribution in [0.5, 0.6) is 0 Å². The van der Waals surface area contributed by atoms with Gasteiger partial charge in [0.15, 0.2) is 0 Å². The molecule has 0 bridgehead atoms. The standard InChI is InChI=1S/C8H16N4OS/c1-14-5-2-9-6-8-7-12(3-4-13)11-10-8/h7,9,13H,2-6H2,1H3. The summed E-state index contributed by atoms with van der Waals surface area (Å²) in [5.41, 5.74) is 0.916. The Morgan fingerprint density at radius 2 is 2.50 bits per heavy atom. The Labute approximate surface area is 87.9 Å². The van der Waals surface area contributed by atoms with Gasteiger partial charge in [0.2, 0.25) is 0 Å². The van der Waals surface area contributed by atoms with Crippen LogP contribution in [0.1, 0.15) is 5.69 Å². The number of hydrogen-bond acceptors (Lipinski definition) is 5. The fraction of sp³-hybridized carbons (Fsp3) is 0.750. The predicted molar refractivity (Wildman–Crippen MR) is 57.2 cm³/mol. The van der Waals surface area contributed by atoms with Gasteiger partial charge in [-0.15, -0.1) is 5.10 Å². The molecule has 0 amide bonds. The molecule has 0 fully saturated rings. The molecule has 0 atom stereocenters. The van der Waals surface area contributed by atoms with E-state index in [1.165, 1.54) is 0 Å². The van der Waals surface area contributed by atoms with Crippen molar-refractivity contribution in [2.75, 3.05) is 25.2 Å². The lowest BCUT2D eigenvalue weighted by molar-refractivity contribution is 0.268. The highest BCUT2D eigenvalue weighted by Crippen LogP contribution is 1.93. The molecule has 0 aliphatic rings. The second-order valence-corrected chi connectivity index (χ2v) is 3.85. The second-order valence-electron chi connectivity index (χ2n) is 2.87. The third-order valence-corrected chi connectivity index (χ3v) is 2.32. The Hall–Kier alpha value is -0.590. The Bertz CT molecular complexity index is 253. The summed E-state index contributed by atoms with van der Waals surface area (Å²) < 4.78 is 1.64. The fourth-order valence-corrected chi connectivity index (χ4v) is 1.37. The van der Waals surface area contributed by atoms with Gasteiger partial charge in [0, 0.05) is 25.0 Å². The molecule has 0 saturated heterocycles. The maximum absolute atomic E-state index is 8.67. The molecule has 0 aliphatic heterocycles. The van der Waals surface area contributed by atoms with Crippen molar-refractivity contribution in [1.29, 1.82) is 0 Å². The van der Waals surface area contributed by atoms with Gasteiger partial charge >= 0.3 is 0 Å². The molecule has 0 spiro atoms. The summed E-state index contributed by atoms with van der Waals surface area (Å²) in [6, 6.07) is 0. The Morgan fingerprint density at radius 3 is 3.21 bits per heavy atom. The van der Waals surface area contributed by atoms with Crippen LogP contribution in [0, 0.1) is 0 Å². The summed E-state index contributed by atoms with van der Waals surface area (Å²) in [6.07, 6.45) is 3.93. The first-order chi connectivity index (χ1) is 6.86. The summed E-state index contributed by atoms with van der Waals surface area (Å²) in [6.45, 7) is 2.33. The predicted octanol–water partition coefficient (Wildman–Crippen LogP) is -0.277. The Balaban J connectivity index is 2.22. The van der Waals surface area contributed by atoms with E-state index in [1.54, 1.807) is 4.68 Å². The smallest absolute Gasteiger partial charge is 0.0964 e. The number of rotatable bonds is 7. The molecule has 6 heteroatoms. The van der Waals surface area contributed by atoms with Gasteiger partial charge in [-0.05, 0) is 6.26 Å². The number of hydrogen-bond donors (Lipinski definition) is 2. The zero-order chi connectivity index (χ0) is 10.2. The van der Waals surface area contributed by atoms with E-state index >= 15 is 0 Å². The summed E-state index contributed by atoms with van der Waals surface area (Å²) >= 11 is 1.81. The van der Waals surface area contributed by atoms with Crippen LogP contribution < -0.4 is 5.32 Å². The largest absolute Gasteiger partial charge is 0.394 e. The first-order valence-corrected chi connectivity index (χ1v) is 5.95. The van der Waals surface area contributed by atoms with E-state index in [4.69, 9.17) is 5.11 Å². The lowest BCUT2D eigenvalue weighted by Gasteiger charge is -1.98. The van der Waals surface area contributed by atoms with Gasteiger partial charge in [0.05, 0.1) is 18.8 Å². The van der Waals surface area contributed by atoms with Crippen molar-refractivity contribution >= 4 is 11.8 Å². The summed E-state index contributed by atoms with van der Waals surface area (Å²) in [5, 5.41) is 19.8. The van der Waals surface area contributed by atoms with Gasteiger partial charge in [-0.3, -0.25) is 0 Å². The van der Waals surface area contributed by atoms with Crippen molar-refractivity contribution in [3.63, 3.8) is 0 Å². The quantitative estimate of drug-likeness (QED) is 0.614. The number of thioether (sulfide) groups is 1. The molecule has 0 aliphatic carbocycles. The van der Waals surface area contributed by atoms with Crippen LogP contribution in [0.2, 0.25) is 0 Å². The number of nitrogens with one attached hydrogen (secondary N) is 1. The van der Waals surface area contributed by atoms with Crippen molar-refractivity contribution in [3.05, 3.63) is 11.9 Å². The van der Waals surface area contributed by atoms with Gasteiger partial charge in [-0.2, -0.15) is 11.8 Å². The van der Waals surface area contributed by atoms with Crippen molar-refractivity contribution in [1.82, 2.24) is 20.3 Å². The molecule has 2 N–H and O–H groups in total. The van der Waals surface area contributed by atoms with Crippen molar-refractivity contribution in [2.24, 2.45) is 0 Å². The minimum Gasteiger partial charge on any atom is -0.394 e. The van der Waals surface area contributed by atoms with Crippen LogP contribution >= 0.6 is 11.8 Å². The average molecular weight is 216 g/mol. The SMILES string of the molecule is CSCCNCc1cn(CCO)nn1. The molecule has 1 rings (SSSR count). The maximum Gasteiger partial charge on any atom is 0.0964 e. The molecule has 0 unspecified atom stereocenters.